The van der Waals surface area contributed by atoms with E-state index in [9.17, 15) is 13.0 Å². The Labute approximate surface area is 177 Å². The van der Waals surface area contributed by atoms with Crippen LogP contribution in [0.15, 0.2) is 114 Å². The molecule has 5 aliphatic rings. The van der Waals surface area contributed by atoms with Gasteiger partial charge in [0.2, 0.25) is 0 Å². The molecule has 5 rings (SSSR count). The summed E-state index contributed by atoms with van der Waals surface area (Å²) in [6, 6.07) is 0. The SMILES string of the molecule is O=S(=O)(O)C1=CC2=CC3=NC(=CC4=NC(=CC5=NC(=CC1=N2)C=C5)C=C4)C=C3.[Fe]. The van der Waals surface area contributed by atoms with Crippen molar-refractivity contribution in [3.05, 3.63) is 94.5 Å². The van der Waals surface area contributed by atoms with Gasteiger partial charge in [0.25, 0.3) is 10.1 Å². The van der Waals surface area contributed by atoms with E-state index in [1.165, 1.54) is 12.2 Å². The van der Waals surface area contributed by atoms with E-state index in [1.807, 2.05) is 30.4 Å². The van der Waals surface area contributed by atoms with Gasteiger partial charge in [-0.15, -0.1) is 0 Å². The van der Waals surface area contributed by atoms with E-state index in [0.717, 1.165) is 17.1 Å². The van der Waals surface area contributed by atoms with Gasteiger partial charge in [-0.3, -0.25) is 4.55 Å². The Kier molecular flexibility index (Phi) is 4.76. The summed E-state index contributed by atoms with van der Waals surface area (Å²) in [4.78, 5) is 17.5. The summed E-state index contributed by atoms with van der Waals surface area (Å²) < 4.78 is 33.1. The van der Waals surface area contributed by atoms with Crippen molar-refractivity contribution in [1.29, 1.82) is 0 Å². The van der Waals surface area contributed by atoms with Gasteiger partial charge in [-0.25, -0.2) is 20.0 Å². The molecule has 5 heterocycles. The van der Waals surface area contributed by atoms with Gasteiger partial charge in [0.05, 0.1) is 45.6 Å². The van der Waals surface area contributed by atoms with Crippen LogP contribution < -0.4 is 0 Å². The molecule has 0 unspecified atom stereocenters. The minimum Gasteiger partial charge on any atom is -0.282 e. The monoisotopic (exact) mass is 444 g/mol. The van der Waals surface area contributed by atoms with Crippen LogP contribution in [0.3, 0.4) is 0 Å². The van der Waals surface area contributed by atoms with Crippen LogP contribution in [0.25, 0.3) is 0 Å². The summed E-state index contributed by atoms with van der Waals surface area (Å²) >= 11 is 0. The third-order valence-electron chi connectivity index (χ3n) is 4.28. The maximum atomic E-state index is 11.8. The zero-order valence-corrected chi connectivity index (χ0v) is 16.6. The third-order valence-corrected chi connectivity index (χ3v) is 5.16. The van der Waals surface area contributed by atoms with E-state index in [-0.39, 0.29) is 27.7 Å². The quantitative estimate of drug-likeness (QED) is 0.497. The number of fused-ring (bicyclic) bond motifs is 4. The molecule has 8 bridgehead atoms. The molecule has 0 aromatic heterocycles. The molecule has 0 amide bonds. The molecular weight excluding hydrogens is 432 g/mol. The van der Waals surface area contributed by atoms with Crippen LogP contribution in [-0.4, -0.2) is 35.8 Å². The van der Waals surface area contributed by atoms with E-state index < -0.39 is 10.1 Å². The summed E-state index contributed by atoms with van der Waals surface area (Å²) in [5, 5.41) is 0. The molecule has 5 aliphatic heterocycles. The maximum Gasteiger partial charge on any atom is 0.296 e. The van der Waals surface area contributed by atoms with Gasteiger partial charge < -0.3 is 0 Å². The van der Waals surface area contributed by atoms with Crippen molar-refractivity contribution in [2.24, 2.45) is 20.0 Å². The first-order valence-electron chi connectivity index (χ1n) is 8.38. The first kappa shape index (κ1) is 19.4. The smallest absolute Gasteiger partial charge is 0.282 e. The number of hydrogen-bond donors (Lipinski definition) is 1. The first-order valence-corrected chi connectivity index (χ1v) is 9.82. The Bertz CT molecular complexity index is 1310. The van der Waals surface area contributed by atoms with Gasteiger partial charge in [0.1, 0.15) is 4.91 Å². The normalized spacial score (nSPS) is 21.3. The maximum absolute atomic E-state index is 11.8. The second-order valence-electron chi connectivity index (χ2n) is 6.37. The molecule has 0 saturated carbocycles. The summed E-state index contributed by atoms with van der Waals surface area (Å²) in [6.45, 7) is 0. The van der Waals surface area contributed by atoms with E-state index >= 15 is 0 Å². The Hall–Kier alpha value is -2.97. The summed E-state index contributed by atoms with van der Waals surface area (Å²) in [5.74, 6) is 0. The number of hydrogen-bond acceptors (Lipinski definition) is 6. The van der Waals surface area contributed by atoms with Crippen LogP contribution in [0.2, 0.25) is 0 Å². The summed E-state index contributed by atoms with van der Waals surface area (Å²) in [5.41, 5.74) is 4.60. The van der Waals surface area contributed by atoms with E-state index in [1.54, 1.807) is 24.3 Å². The minimum atomic E-state index is -4.43. The Morgan fingerprint density at radius 1 is 0.586 bits per heavy atom. The van der Waals surface area contributed by atoms with Gasteiger partial charge in [-0.1, -0.05) is 0 Å². The molecule has 144 valence electrons. The zero-order chi connectivity index (χ0) is 19.3. The van der Waals surface area contributed by atoms with Gasteiger partial charge in [0, 0.05) is 17.1 Å². The van der Waals surface area contributed by atoms with Crippen molar-refractivity contribution in [1.82, 2.24) is 0 Å². The Balaban J connectivity index is 0.00000205. The number of aliphatic imine (C=N–C) groups is 4. The number of nitrogens with zero attached hydrogens (tertiary/aromatic N) is 4. The predicted molar refractivity (Wildman–Crippen MR) is 109 cm³/mol. The van der Waals surface area contributed by atoms with Crippen LogP contribution in [0.5, 0.6) is 0 Å². The third kappa shape index (κ3) is 3.94. The molecule has 0 atom stereocenters. The molecule has 0 aliphatic carbocycles. The standard InChI is InChI=1S/C20H12N4O3S.Fe/c25-28(26,27)20-11-18-9-16-4-3-14(22-16)7-12-1-2-13(21-12)8-15-5-6-17(23-15)10-19(20)24-18;/h1-11H,(H,25,26,27);. The molecule has 7 nitrogen and oxygen atoms in total. The van der Waals surface area contributed by atoms with Crippen molar-refractivity contribution in [2.75, 3.05) is 0 Å². The first-order chi connectivity index (χ1) is 13.4. The molecule has 0 radical (unpaired) electrons. The summed E-state index contributed by atoms with van der Waals surface area (Å²) in [7, 11) is -4.43. The minimum absolute atomic E-state index is 0. The average molecular weight is 444 g/mol. The second kappa shape index (κ2) is 7.13. The molecule has 0 fully saturated rings. The fourth-order valence-corrected chi connectivity index (χ4v) is 3.72. The predicted octanol–water partition coefficient (Wildman–Crippen LogP) is 2.79. The molecule has 0 aromatic rings. The van der Waals surface area contributed by atoms with Crippen molar-refractivity contribution in [3.8, 4) is 0 Å². The van der Waals surface area contributed by atoms with Crippen LogP contribution >= 0.6 is 0 Å². The molecule has 0 spiro atoms. The number of rotatable bonds is 1. The van der Waals surface area contributed by atoms with Crippen molar-refractivity contribution in [2.45, 2.75) is 0 Å². The van der Waals surface area contributed by atoms with Crippen molar-refractivity contribution >= 4 is 33.0 Å². The molecule has 29 heavy (non-hydrogen) atoms. The van der Waals surface area contributed by atoms with Crippen LogP contribution in [0.1, 0.15) is 0 Å². The molecule has 0 saturated heterocycles. The van der Waals surface area contributed by atoms with Crippen LogP contribution in [-0.2, 0) is 27.2 Å². The average Bonchev–Trinajstić information content (AvgIpc) is 3.38. The van der Waals surface area contributed by atoms with Gasteiger partial charge in [-0.05, 0) is 66.8 Å². The van der Waals surface area contributed by atoms with Crippen LogP contribution in [0, 0.1) is 0 Å². The van der Waals surface area contributed by atoms with E-state index in [0.29, 0.717) is 22.8 Å². The fraction of sp³-hybridized carbons (Fsp3) is 0. The topological polar surface area (TPSA) is 104 Å². The Morgan fingerprint density at radius 3 is 1.52 bits per heavy atom. The molecular formula is C20H12FeN4O3S. The van der Waals surface area contributed by atoms with E-state index in [2.05, 4.69) is 20.0 Å². The van der Waals surface area contributed by atoms with Crippen molar-refractivity contribution < 1.29 is 30.0 Å². The number of allylic oxidation sites excluding steroid dienone is 12. The summed E-state index contributed by atoms with van der Waals surface area (Å²) in [6.07, 6.45) is 19.1. The molecule has 1 N–H and O–H groups in total. The Morgan fingerprint density at radius 2 is 1.03 bits per heavy atom. The van der Waals surface area contributed by atoms with Gasteiger partial charge >= 0.3 is 0 Å². The van der Waals surface area contributed by atoms with Crippen molar-refractivity contribution in [3.63, 3.8) is 0 Å². The largest absolute Gasteiger partial charge is 0.296 e. The zero-order valence-electron chi connectivity index (χ0n) is 14.7. The van der Waals surface area contributed by atoms with Crippen LogP contribution in [0.4, 0.5) is 0 Å². The fourth-order valence-electron chi connectivity index (χ4n) is 3.08. The van der Waals surface area contributed by atoms with Gasteiger partial charge in [-0.2, -0.15) is 8.42 Å². The van der Waals surface area contributed by atoms with E-state index in [4.69, 9.17) is 0 Å². The molecule has 9 heteroatoms. The molecule has 0 aromatic carbocycles. The second-order valence-corrected chi connectivity index (χ2v) is 7.76. The van der Waals surface area contributed by atoms with Gasteiger partial charge in [0.15, 0.2) is 0 Å².